The Morgan fingerprint density at radius 1 is 1.21 bits per heavy atom. The van der Waals surface area contributed by atoms with Crippen molar-refractivity contribution in [3.63, 3.8) is 0 Å². The predicted octanol–water partition coefficient (Wildman–Crippen LogP) is 3.17. The van der Waals surface area contributed by atoms with Gasteiger partial charge in [-0.25, -0.2) is 14.6 Å². The molecule has 7 nitrogen and oxygen atoms in total. The fourth-order valence-electron chi connectivity index (χ4n) is 3.31. The number of para-hydroxylation sites is 2. The van der Waals surface area contributed by atoms with Gasteiger partial charge in [0.15, 0.2) is 0 Å². The van der Waals surface area contributed by atoms with Gasteiger partial charge in [-0.1, -0.05) is 35.9 Å². The third-order valence-electron chi connectivity index (χ3n) is 4.62. The van der Waals surface area contributed by atoms with Crippen LogP contribution in [-0.2, 0) is 16.1 Å². The number of carbonyl (C=O) groups is 2. The molecule has 0 bridgehead atoms. The molecule has 142 valence electrons. The third kappa shape index (κ3) is 3.32. The maximum absolute atomic E-state index is 12.6. The van der Waals surface area contributed by atoms with E-state index in [2.05, 4.69) is 15.6 Å². The van der Waals surface area contributed by atoms with Crippen LogP contribution in [0.2, 0.25) is 5.02 Å². The number of aromatic nitrogens is 2. The van der Waals surface area contributed by atoms with E-state index < -0.39 is 18.0 Å². The summed E-state index contributed by atoms with van der Waals surface area (Å²) < 4.78 is 6.87. The summed E-state index contributed by atoms with van der Waals surface area (Å²) in [7, 11) is 1.31. The van der Waals surface area contributed by atoms with Gasteiger partial charge in [-0.3, -0.25) is 0 Å². The van der Waals surface area contributed by atoms with Gasteiger partial charge < -0.3 is 19.9 Å². The van der Waals surface area contributed by atoms with E-state index in [0.29, 0.717) is 16.3 Å². The van der Waals surface area contributed by atoms with Crippen LogP contribution in [0.1, 0.15) is 11.6 Å². The van der Waals surface area contributed by atoms with Gasteiger partial charge in [-0.15, -0.1) is 0 Å². The molecule has 0 fully saturated rings. The van der Waals surface area contributed by atoms with Crippen LogP contribution in [0.5, 0.6) is 0 Å². The monoisotopic (exact) mass is 396 g/mol. The number of allylic oxidation sites excluding steroid dienone is 1. The molecule has 0 spiro atoms. The molecule has 3 aromatic rings. The highest BCUT2D eigenvalue weighted by molar-refractivity contribution is 6.30. The number of ether oxygens (including phenoxy) is 1. The minimum absolute atomic E-state index is 0.266. The molecule has 0 saturated carbocycles. The molecule has 0 unspecified atom stereocenters. The smallest absolute Gasteiger partial charge is 0.338 e. The number of fused-ring (bicyclic) bond motifs is 1. The summed E-state index contributed by atoms with van der Waals surface area (Å²) in [4.78, 5) is 29.3. The molecule has 0 radical (unpaired) electrons. The molecular weight excluding hydrogens is 380 g/mol. The van der Waals surface area contributed by atoms with Crippen molar-refractivity contribution >= 4 is 34.6 Å². The highest BCUT2D eigenvalue weighted by Crippen LogP contribution is 2.29. The van der Waals surface area contributed by atoms with E-state index in [1.807, 2.05) is 28.8 Å². The zero-order valence-corrected chi connectivity index (χ0v) is 15.7. The van der Waals surface area contributed by atoms with Crippen LogP contribution in [0.25, 0.3) is 11.0 Å². The van der Waals surface area contributed by atoms with Gasteiger partial charge >= 0.3 is 12.0 Å². The number of carbonyl (C=O) groups excluding carboxylic acids is 2. The van der Waals surface area contributed by atoms with Crippen molar-refractivity contribution in [1.29, 1.82) is 0 Å². The second-order valence-corrected chi connectivity index (χ2v) is 6.76. The molecule has 28 heavy (non-hydrogen) atoms. The van der Waals surface area contributed by atoms with E-state index in [4.69, 9.17) is 16.3 Å². The first kappa shape index (κ1) is 18.1. The van der Waals surface area contributed by atoms with Crippen LogP contribution in [0.4, 0.5) is 4.79 Å². The van der Waals surface area contributed by atoms with E-state index in [1.165, 1.54) is 7.11 Å². The number of hydrogen-bond acceptors (Lipinski definition) is 4. The summed E-state index contributed by atoms with van der Waals surface area (Å²) in [6, 6.07) is 13.6. The molecule has 4 rings (SSSR count). The first-order valence-electron chi connectivity index (χ1n) is 8.61. The largest absolute Gasteiger partial charge is 0.466 e. The highest BCUT2D eigenvalue weighted by Gasteiger charge is 2.33. The van der Waals surface area contributed by atoms with Crippen molar-refractivity contribution in [2.45, 2.75) is 12.6 Å². The van der Waals surface area contributed by atoms with Crippen LogP contribution in [0.3, 0.4) is 0 Å². The van der Waals surface area contributed by atoms with Crippen LogP contribution in [-0.4, -0.2) is 28.7 Å². The number of rotatable bonds is 4. The SMILES string of the molecule is COC(=O)C1=C(Cn2cnc3ccccc32)NC(=O)N[C@H]1c1ccc(Cl)cc1. The maximum atomic E-state index is 12.6. The Hall–Kier alpha value is -3.32. The van der Waals surface area contributed by atoms with Crippen molar-refractivity contribution < 1.29 is 14.3 Å². The first-order chi connectivity index (χ1) is 13.6. The fraction of sp³-hybridized carbons (Fsp3) is 0.150. The van der Waals surface area contributed by atoms with Gasteiger partial charge in [0.1, 0.15) is 0 Å². The van der Waals surface area contributed by atoms with Crippen LogP contribution in [0, 0.1) is 0 Å². The zero-order chi connectivity index (χ0) is 19.7. The lowest BCUT2D eigenvalue weighted by Gasteiger charge is -2.29. The van der Waals surface area contributed by atoms with E-state index in [9.17, 15) is 9.59 Å². The molecule has 2 heterocycles. The standard InChI is InChI=1S/C20H17ClN4O3/c1-28-19(26)17-15(10-25-11-22-14-4-2-3-5-16(14)25)23-20(27)24-18(17)12-6-8-13(21)9-7-12/h2-9,11,18H,10H2,1H3,(H2,23,24,27)/t18-/m0/s1. The second-order valence-electron chi connectivity index (χ2n) is 6.33. The molecular formula is C20H17ClN4O3. The highest BCUT2D eigenvalue weighted by atomic mass is 35.5. The molecule has 8 heteroatoms. The van der Waals surface area contributed by atoms with Gasteiger partial charge in [0.05, 0.1) is 48.3 Å². The lowest BCUT2D eigenvalue weighted by Crippen LogP contribution is -2.46. The Kier molecular flexibility index (Phi) is 4.75. The summed E-state index contributed by atoms with van der Waals surface area (Å²) in [6.45, 7) is 0.266. The molecule has 1 aliphatic heterocycles. The zero-order valence-electron chi connectivity index (χ0n) is 15.0. The summed E-state index contributed by atoms with van der Waals surface area (Å²) in [5.74, 6) is -0.521. The number of urea groups is 1. The first-order valence-corrected chi connectivity index (χ1v) is 8.99. The molecule has 1 atom stereocenters. The number of nitrogens with zero attached hydrogens (tertiary/aromatic N) is 2. The Bertz CT molecular complexity index is 1090. The number of nitrogens with one attached hydrogen (secondary N) is 2. The molecule has 0 aliphatic carbocycles. The van der Waals surface area contributed by atoms with Crippen molar-refractivity contribution in [2.24, 2.45) is 0 Å². The minimum atomic E-state index is -0.650. The second kappa shape index (κ2) is 7.36. The summed E-state index contributed by atoms with van der Waals surface area (Å²) >= 11 is 5.97. The van der Waals surface area contributed by atoms with Gasteiger partial charge in [0.25, 0.3) is 0 Å². The topological polar surface area (TPSA) is 85.2 Å². The van der Waals surface area contributed by atoms with Gasteiger partial charge in [-0.2, -0.15) is 0 Å². The number of amides is 2. The molecule has 1 aliphatic rings. The van der Waals surface area contributed by atoms with Crippen molar-refractivity contribution in [2.75, 3.05) is 7.11 Å². The minimum Gasteiger partial charge on any atom is -0.466 e. The number of benzene rings is 2. The Labute approximate surface area is 166 Å². The van der Waals surface area contributed by atoms with E-state index >= 15 is 0 Å². The Morgan fingerprint density at radius 2 is 1.96 bits per heavy atom. The summed E-state index contributed by atoms with van der Waals surface area (Å²) in [5.41, 5.74) is 3.25. The van der Waals surface area contributed by atoms with E-state index in [-0.39, 0.29) is 6.54 Å². The molecule has 2 aromatic carbocycles. The van der Waals surface area contributed by atoms with Gasteiger partial charge in [0.2, 0.25) is 0 Å². The van der Waals surface area contributed by atoms with Crippen molar-refractivity contribution in [3.8, 4) is 0 Å². The van der Waals surface area contributed by atoms with Crippen molar-refractivity contribution in [3.05, 3.63) is 76.7 Å². The Morgan fingerprint density at radius 3 is 2.71 bits per heavy atom. The molecule has 2 amide bonds. The van der Waals surface area contributed by atoms with E-state index in [1.54, 1.807) is 30.6 Å². The van der Waals surface area contributed by atoms with Crippen LogP contribution < -0.4 is 10.6 Å². The Balaban J connectivity index is 1.81. The van der Waals surface area contributed by atoms with Crippen LogP contribution in [0.15, 0.2) is 66.1 Å². The molecule has 0 saturated heterocycles. The molecule has 1 aromatic heterocycles. The normalized spacial score (nSPS) is 16.6. The molecule has 2 N–H and O–H groups in total. The lowest BCUT2D eigenvalue weighted by atomic mass is 9.95. The van der Waals surface area contributed by atoms with Gasteiger partial charge in [0, 0.05) is 5.02 Å². The maximum Gasteiger partial charge on any atom is 0.338 e. The number of hydrogen-bond donors (Lipinski definition) is 2. The van der Waals surface area contributed by atoms with E-state index in [0.717, 1.165) is 16.6 Å². The quantitative estimate of drug-likeness (QED) is 0.663. The fourth-order valence-corrected chi connectivity index (χ4v) is 3.43. The number of esters is 1. The number of methoxy groups -OCH3 is 1. The number of halogens is 1. The summed E-state index contributed by atoms with van der Waals surface area (Å²) in [6.07, 6.45) is 1.68. The average molecular weight is 397 g/mol. The van der Waals surface area contributed by atoms with Gasteiger partial charge in [-0.05, 0) is 29.8 Å². The number of imidazole rings is 1. The predicted molar refractivity (Wildman–Crippen MR) is 105 cm³/mol. The van der Waals surface area contributed by atoms with Crippen molar-refractivity contribution in [1.82, 2.24) is 20.2 Å². The lowest BCUT2D eigenvalue weighted by molar-refractivity contribution is -0.136. The third-order valence-corrected chi connectivity index (χ3v) is 4.87. The summed E-state index contributed by atoms with van der Waals surface area (Å²) in [5, 5.41) is 6.10. The average Bonchev–Trinajstić information content (AvgIpc) is 3.10. The van der Waals surface area contributed by atoms with Crippen LogP contribution >= 0.6 is 11.6 Å².